The standard InChI is InChI=1S/C12H5ClFN3O3/c13-11-7(6-15)3-4-16-12(11)20-8-1-2-10(17(18)19)9(14)5-8/h1-5H. The van der Waals surface area contributed by atoms with Crippen LogP contribution in [0.2, 0.25) is 5.02 Å². The molecule has 0 fully saturated rings. The number of hydrogen-bond acceptors (Lipinski definition) is 5. The zero-order valence-electron chi connectivity index (χ0n) is 9.71. The molecule has 0 atom stereocenters. The minimum atomic E-state index is -1.04. The number of rotatable bonds is 3. The molecule has 1 aromatic carbocycles. The molecule has 0 radical (unpaired) electrons. The lowest BCUT2D eigenvalue weighted by Gasteiger charge is -2.06. The normalized spacial score (nSPS) is 9.85. The molecule has 8 heteroatoms. The van der Waals surface area contributed by atoms with Crippen molar-refractivity contribution in [1.82, 2.24) is 4.98 Å². The number of nitrogens with zero attached hydrogens (tertiary/aromatic N) is 3. The number of nitriles is 1. The van der Waals surface area contributed by atoms with E-state index in [2.05, 4.69) is 4.98 Å². The Morgan fingerprint density at radius 3 is 2.80 bits per heavy atom. The molecule has 1 aromatic heterocycles. The van der Waals surface area contributed by atoms with Crippen molar-refractivity contribution in [2.75, 3.05) is 0 Å². The smallest absolute Gasteiger partial charge is 0.305 e. The minimum Gasteiger partial charge on any atom is -0.437 e. The van der Waals surface area contributed by atoms with Crippen molar-refractivity contribution in [3.8, 4) is 17.7 Å². The quantitative estimate of drug-likeness (QED) is 0.638. The molecule has 2 aromatic rings. The van der Waals surface area contributed by atoms with Crippen molar-refractivity contribution in [3.05, 3.63) is 57.0 Å². The van der Waals surface area contributed by atoms with E-state index >= 15 is 0 Å². The van der Waals surface area contributed by atoms with Gasteiger partial charge in [-0.25, -0.2) is 4.98 Å². The molecule has 0 aliphatic carbocycles. The van der Waals surface area contributed by atoms with Crippen molar-refractivity contribution < 1.29 is 14.1 Å². The van der Waals surface area contributed by atoms with E-state index < -0.39 is 16.4 Å². The molecule has 0 unspecified atom stereocenters. The zero-order chi connectivity index (χ0) is 14.7. The van der Waals surface area contributed by atoms with Gasteiger partial charge in [-0.15, -0.1) is 0 Å². The number of halogens is 2. The van der Waals surface area contributed by atoms with Crippen LogP contribution in [-0.4, -0.2) is 9.91 Å². The molecule has 20 heavy (non-hydrogen) atoms. The van der Waals surface area contributed by atoms with E-state index in [-0.39, 0.29) is 22.2 Å². The second-order valence-corrected chi connectivity index (χ2v) is 3.94. The maximum atomic E-state index is 13.4. The Labute approximate surface area is 117 Å². The molecular weight excluding hydrogens is 289 g/mol. The highest BCUT2D eigenvalue weighted by Crippen LogP contribution is 2.31. The van der Waals surface area contributed by atoms with Gasteiger partial charge in [0, 0.05) is 18.3 Å². The van der Waals surface area contributed by atoms with Gasteiger partial charge in [-0.3, -0.25) is 10.1 Å². The Morgan fingerprint density at radius 1 is 1.45 bits per heavy atom. The van der Waals surface area contributed by atoms with E-state index in [1.807, 2.05) is 6.07 Å². The fourth-order valence-electron chi connectivity index (χ4n) is 1.39. The summed E-state index contributed by atoms with van der Waals surface area (Å²) in [6.45, 7) is 0. The largest absolute Gasteiger partial charge is 0.437 e. The molecule has 100 valence electrons. The molecule has 6 nitrogen and oxygen atoms in total. The maximum absolute atomic E-state index is 13.4. The monoisotopic (exact) mass is 293 g/mol. The third-order valence-corrected chi connectivity index (χ3v) is 2.67. The van der Waals surface area contributed by atoms with E-state index in [4.69, 9.17) is 21.6 Å². The third-order valence-electron chi connectivity index (χ3n) is 2.31. The van der Waals surface area contributed by atoms with Crippen molar-refractivity contribution in [2.24, 2.45) is 0 Å². The fourth-order valence-corrected chi connectivity index (χ4v) is 1.59. The topological polar surface area (TPSA) is 89.0 Å². The van der Waals surface area contributed by atoms with Gasteiger partial charge in [-0.05, 0) is 12.1 Å². The number of aromatic nitrogens is 1. The number of benzene rings is 1. The minimum absolute atomic E-state index is 0.0161. The number of nitro benzene ring substituents is 1. The van der Waals surface area contributed by atoms with Crippen LogP contribution in [0.5, 0.6) is 11.6 Å². The van der Waals surface area contributed by atoms with Crippen molar-refractivity contribution in [1.29, 1.82) is 5.26 Å². The first-order valence-electron chi connectivity index (χ1n) is 5.19. The molecule has 0 aliphatic heterocycles. The lowest BCUT2D eigenvalue weighted by Crippen LogP contribution is -1.95. The van der Waals surface area contributed by atoms with Crippen LogP contribution in [0.25, 0.3) is 0 Å². The zero-order valence-corrected chi connectivity index (χ0v) is 10.5. The lowest BCUT2D eigenvalue weighted by molar-refractivity contribution is -0.387. The van der Waals surface area contributed by atoms with Gasteiger partial charge in [0.2, 0.25) is 11.7 Å². The molecule has 0 saturated heterocycles. The summed E-state index contributed by atoms with van der Waals surface area (Å²) >= 11 is 5.87. The third kappa shape index (κ3) is 2.65. The van der Waals surface area contributed by atoms with Gasteiger partial charge in [0.15, 0.2) is 0 Å². The van der Waals surface area contributed by atoms with Gasteiger partial charge < -0.3 is 4.74 Å². The second kappa shape index (κ2) is 5.50. The lowest BCUT2D eigenvalue weighted by atomic mass is 10.3. The molecule has 0 amide bonds. The summed E-state index contributed by atoms with van der Waals surface area (Å²) in [6.07, 6.45) is 1.31. The molecule has 2 rings (SSSR count). The highest BCUT2D eigenvalue weighted by atomic mass is 35.5. The predicted octanol–water partition coefficient (Wildman–Crippen LogP) is 3.45. The van der Waals surface area contributed by atoms with E-state index in [0.29, 0.717) is 0 Å². The first-order valence-corrected chi connectivity index (χ1v) is 5.57. The number of ether oxygens (including phenoxy) is 1. The van der Waals surface area contributed by atoms with Crippen LogP contribution in [0.4, 0.5) is 10.1 Å². The Hall–Kier alpha value is -2.72. The van der Waals surface area contributed by atoms with Gasteiger partial charge >= 0.3 is 5.69 Å². The van der Waals surface area contributed by atoms with Gasteiger partial charge in [0.25, 0.3) is 0 Å². The molecular formula is C12H5ClFN3O3. The van der Waals surface area contributed by atoms with Crippen LogP contribution in [0.15, 0.2) is 30.5 Å². The first-order chi connectivity index (χ1) is 9.52. The highest BCUT2D eigenvalue weighted by molar-refractivity contribution is 6.33. The van der Waals surface area contributed by atoms with Crippen molar-refractivity contribution >= 4 is 17.3 Å². The molecule has 0 aliphatic rings. The van der Waals surface area contributed by atoms with Crippen LogP contribution in [0, 0.1) is 27.3 Å². The average Bonchev–Trinajstić information content (AvgIpc) is 2.41. The summed E-state index contributed by atoms with van der Waals surface area (Å²) < 4.78 is 18.6. The number of hydrogen-bond donors (Lipinski definition) is 0. The summed E-state index contributed by atoms with van der Waals surface area (Å²) in [6, 6.07) is 6.25. The molecule has 0 spiro atoms. The van der Waals surface area contributed by atoms with E-state index in [9.17, 15) is 14.5 Å². The maximum Gasteiger partial charge on any atom is 0.305 e. The molecule has 0 saturated carbocycles. The van der Waals surface area contributed by atoms with Crippen molar-refractivity contribution in [2.45, 2.75) is 0 Å². The van der Waals surface area contributed by atoms with Crippen molar-refractivity contribution in [3.63, 3.8) is 0 Å². The van der Waals surface area contributed by atoms with Gasteiger partial charge in [0.1, 0.15) is 16.8 Å². The highest BCUT2D eigenvalue weighted by Gasteiger charge is 2.16. The summed E-state index contributed by atoms with van der Waals surface area (Å²) in [5.41, 5.74) is -0.513. The van der Waals surface area contributed by atoms with Crippen LogP contribution in [0.1, 0.15) is 5.56 Å². The van der Waals surface area contributed by atoms with Gasteiger partial charge in [-0.1, -0.05) is 11.6 Å². The SMILES string of the molecule is N#Cc1ccnc(Oc2ccc([N+](=O)[O-])c(F)c2)c1Cl. The molecule has 0 bridgehead atoms. The summed E-state index contributed by atoms with van der Waals surface area (Å²) in [5.74, 6) is -1.14. The van der Waals surface area contributed by atoms with Crippen LogP contribution in [0.3, 0.4) is 0 Å². The Balaban J connectivity index is 2.34. The van der Waals surface area contributed by atoms with Gasteiger partial charge in [-0.2, -0.15) is 9.65 Å². The first kappa shape index (κ1) is 13.7. The summed E-state index contributed by atoms with van der Waals surface area (Å²) in [5, 5.41) is 19.3. The van der Waals surface area contributed by atoms with E-state index in [1.165, 1.54) is 18.3 Å². The average molecular weight is 294 g/mol. The Morgan fingerprint density at radius 2 is 2.20 bits per heavy atom. The fraction of sp³-hybridized carbons (Fsp3) is 0. The van der Waals surface area contributed by atoms with Crippen LogP contribution >= 0.6 is 11.6 Å². The van der Waals surface area contributed by atoms with Crippen LogP contribution in [-0.2, 0) is 0 Å². The second-order valence-electron chi connectivity index (χ2n) is 3.56. The number of pyridine rings is 1. The summed E-state index contributed by atoms with van der Waals surface area (Å²) in [7, 11) is 0. The Bertz CT molecular complexity index is 730. The molecule has 1 heterocycles. The van der Waals surface area contributed by atoms with Gasteiger partial charge in [0.05, 0.1) is 10.5 Å². The number of nitro groups is 1. The van der Waals surface area contributed by atoms with E-state index in [1.54, 1.807) is 0 Å². The Kier molecular flexibility index (Phi) is 3.77. The summed E-state index contributed by atoms with van der Waals surface area (Å²) in [4.78, 5) is 13.4. The van der Waals surface area contributed by atoms with Crippen LogP contribution < -0.4 is 4.74 Å². The predicted molar refractivity (Wildman–Crippen MR) is 67.1 cm³/mol. The molecule has 0 N–H and O–H groups in total. The van der Waals surface area contributed by atoms with E-state index in [0.717, 1.165) is 12.1 Å².